The first kappa shape index (κ1) is 28.4. The zero-order valence-electron chi connectivity index (χ0n) is 22.7. The molecule has 1 heterocycles. The lowest BCUT2D eigenvalue weighted by Crippen LogP contribution is -2.27. The van der Waals surface area contributed by atoms with Crippen molar-refractivity contribution in [2.45, 2.75) is 40.5 Å². The number of para-hydroxylation sites is 1. The molecule has 1 saturated heterocycles. The second-order valence-electron chi connectivity index (χ2n) is 9.50. The SMILES string of the molecule is CCOc1cc(/C=C2/SC(=S)N(c3ccc(C)c(C)c3)C2=O)ccc1OCC(=O)Nc1ccccc1C(C)C. The lowest BCUT2D eigenvalue weighted by atomic mass is 10.0. The van der Waals surface area contributed by atoms with Gasteiger partial charge in [-0.05, 0) is 85.4 Å². The van der Waals surface area contributed by atoms with Gasteiger partial charge in [-0.1, -0.05) is 68.2 Å². The van der Waals surface area contributed by atoms with Gasteiger partial charge in [-0.25, -0.2) is 0 Å². The molecule has 0 aromatic heterocycles. The summed E-state index contributed by atoms with van der Waals surface area (Å²) in [4.78, 5) is 28.0. The third kappa shape index (κ3) is 6.69. The highest BCUT2D eigenvalue weighted by Gasteiger charge is 2.33. The highest BCUT2D eigenvalue weighted by molar-refractivity contribution is 8.27. The minimum absolute atomic E-state index is 0.162. The minimum atomic E-state index is -0.260. The molecule has 3 aromatic carbocycles. The molecular weight excluding hydrogens is 528 g/mol. The Balaban J connectivity index is 1.48. The smallest absolute Gasteiger partial charge is 0.270 e. The van der Waals surface area contributed by atoms with E-state index in [2.05, 4.69) is 19.2 Å². The molecule has 8 heteroatoms. The third-order valence-electron chi connectivity index (χ3n) is 6.32. The summed E-state index contributed by atoms with van der Waals surface area (Å²) in [5, 5.41) is 2.93. The van der Waals surface area contributed by atoms with Crippen molar-refractivity contribution in [2.24, 2.45) is 0 Å². The van der Waals surface area contributed by atoms with Gasteiger partial charge in [0.1, 0.15) is 0 Å². The normalized spacial score (nSPS) is 14.3. The molecule has 1 fully saturated rings. The molecule has 0 radical (unpaired) electrons. The fourth-order valence-corrected chi connectivity index (χ4v) is 5.45. The number of benzene rings is 3. The zero-order valence-corrected chi connectivity index (χ0v) is 24.4. The Morgan fingerprint density at radius 3 is 2.51 bits per heavy atom. The van der Waals surface area contributed by atoms with Gasteiger partial charge in [0.15, 0.2) is 22.4 Å². The molecule has 1 aliphatic rings. The second kappa shape index (κ2) is 12.5. The quantitative estimate of drug-likeness (QED) is 0.220. The molecular formula is C31H32N2O4S2. The molecule has 202 valence electrons. The van der Waals surface area contributed by atoms with E-state index in [1.807, 2.05) is 69.3 Å². The molecule has 0 spiro atoms. The van der Waals surface area contributed by atoms with Gasteiger partial charge in [0.25, 0.3) is 11.8 Å². The maximum Gasteiger partial charge on any atom is 0.270 e. The van der Waals surface area contributed by atoms with Crippen LogP contribution < -0.4 is 19.7 Å². The van der Waals surface area contributed by atoms with E-state index in [1.54, 1.807) is 23.1 Å². The standard InChI is InChI=1S/C31H32N2O4S2/c1-6-36-27-16-22(17-28-30(35)33(31(38)39-28)23-13-11-20(4)21(5)15-23)12-14-26(27)37-18-29(34)32-25-10-8-7-9-24(25)19(2)3/h7-17,19H,6,18H2,1-5H3,(H,32,34)/b28-17+. The molecule has 0 bridgehead atoms. The Hall–Kier alpha value is -3.62. The van der Waals surface area contributed by atoms with Crippen molar-refractivity contribution in [2.75, 3.05) is 23.4 Å². The highest BCUT2D eigenvalue weighted by atomic mass is 32.2. The number of carbonyl (C=O) groups excluding carboxylic acids is 2. The predicted molar refractivity (Wildman–Crippen MR) is 164 cm³/mol. The van der Waals surface area contributed by atoms with E-state index >= 15 is 0 Å². The van der Waals surface area contributed by atoms with Crippen molar-refractivity contribution in [3.63, 3.8) is 0 Å². The van der Waals surface area contributed by atoms with Crippen molar-refractivity contribution in [1.29, 1.82) is 0 Å². The number of thioether (sulfide) groups is 1. The first-order valence-corrected chi connectivity index (χ1v) is 14.0. The molecule has 0 saturated carbocycles. The molecule has 0 aliphatic carbocycles. The minimum Gasteiger partial charge on any atom is -0.490 e. The summed E-state index contributed by atoms with van der Waals surface area (Å²) in [6, 6.07) is 19.0. The predicted octanol–water partition coefficient (Wildman–Crippen LogP) is 7.25. The summed E-state index contributed by atoms with van der Waals surface area (Å²) in [5.41, 5.74) is 5.62. The van der Waals surface area contributed by atoms with Crippen LogP contribution >= 0.6 is 24.0 Å². The average Bonchev–Trinajstić information content (AvgIpc) is 3.18. The van der Waals surface area contributed by atoms with Crippen molar-refractivity contribution in [3.05, 3.63) is 87.8 Å². The van der Waals surface area contributed by atoms with E-state index in [9.17, 15) is 9.59 Å². The molecule has 3 aromatic rings. The van der Waals surface area contributed by atoms with Gasteiger partial charge in [-0.15, -0.1) is 0 Å². The number of amides is 2. The summed E-state index contributed by atoms with van der Waals surface area (Å²) < 4.78 is 12.1. The lowest BCUT2D eigenvalue weighted by molar-refractivity contribution is -0.118. The van der Waals surface area contributed by atoms with Crippen LogP contribution in [0, 0.1) is 13.8 Å². The Morgan fingerprint density at radius 1 is 1.03 bits per heavy atom. The molecule has 0 atom stereocenters. The molecule has 0 unspecified atom stereocenters. The van der Waals surface area contributed by atoms with Crippen LogP contribution in [0.15, 0.2) is 65.6 Å². The lowest BCUT2D eigenvalue weighted by Gasteiger charge is -2.16. The first-order valence-electron chi connectivity index (χ1n) is 12.8. The summed E-state index contributed by atoms with van der Waals surface area (Å²) >= 11 is 6.80. The Labute approximate surface area is 239 Å². The number of nitrogens with one attached hydrogen (secondary N) is 1. The Morgan fingerprint density at radius 2 is 1.79 bits per heavy atom. The number of anilines is 2. The van der Waals surface area contributed by atoms with E-state index < -0.39 is 0 Å². The zero-order chi connectivity index (χ0) is 28.1. The average molecular weight is 561 g/mol. The number of hydrogen-bond acceptors (Lipinski definition) is 6. The molecule has 4 rings (SSSR count). The maximum absolute atomic E-state index is 13.2. The largest absolute Gasteiger partial charge is 0.490 e. The second-order valence-corrected chi connectivity index (χ2v) is 11.2. The molecule has 1 aliphatic heterocycles. The maximum atomic E-state index is 13.2. The summed E-state index contributed by atoms with van der Waals surface area (Å²) in [5.74, 6) is 0.797. The van der Waals surface area contributed by atoms with Gasteiger partial charge in [-0.2, -0.15) is 0 Å². The van der Waals surface area contributed by atoms with Gasteiger partial charge in [0.2, 0.25) is 0 Å². The Kier molecular flexibility index (Phi) is 9.09. The van der Waals surface area contributed by atoms with E-state index in [0.29, 0.717) is 27.3 Å². The van der Waals surface area contributed by atoms with Crippen LogP contribution in [-0.2, 0) is 9.59 Å². The highest BCUT2D eigenvalue weighted by Crippen LogP contribution is 2.38. The molecule has 1 N–H and O–H groups in total. The molecule has 6 nitrogen and oxygen atoms in total. The van der Waals surface area contributed by atoms with Gasteiger partial charge in [0.05, 0.1) is 17.2 Å². The summed E-state index contributed by atoms with van der Waals surface area (Å²) in [6.45, 7) is 10.3. The van der Waals surface area contributed by atoms with Gasteiger partial charge in [-0.3, -0.25) is 14.5 Å². The van der Waals surface area contributed by atoms with Crippen LogP contribution in [0.1, 0.15) is 48.9 Å². The number of rotatable bonds is 9. The van der Waals surface area contributed by atoms with E-state index in [1.165, 1.54) is 11.8 Å². The monoisotopic (exact) mass is 560 g/mol. The number of ether oxygens (including phenoxy) is 2. The van der Waals surface area contributed by atoms with Crippen LogP contribution in [0.25, 0.3) is 6.08 Å². The fraction of sp³-hybridized carbons (Fsp3) is 0.258. The van der Waals surface area contributed by atoms with E-state index in [0.717, 1.165) is 33.6 Å². The molecule has 2 amide bonds. The van der Waals surface area contributed by atoms with Crippen LogP contribution in [0.2, 0.25) is 0 Å². The number of aryl methyl sites for hydroxylation is 2. The van der Waals surface area contributed by atoms with Crippen molar-refractivity contribution < 1.29 is 19.1 Å². The van der Waals surface area contributed by atoms with Gasteiger partial charge in [0, 0.05) is 5.69 Å². The number of hydrogen-bond donors (Lipinski definition) is 1. The van der Waals surface area contributed by atoms with Crippen molar-refractivity contribution >= 4 is 57.6 Å². The number of nitrogens with zero attached hydrogens (tertiary/aromatic N) is 1. The summed E-state index contributed by atoms with van der Waals surface area (Å²) in [7, 11) is 0. The van der Waals surface area contributed by atoms with E-state index in [-0.39, 0.29) is 24.3 Å². The number of carbonyl (C=O) groups is 2. The van der Waals surface area contributed by atoms with Crippen LogP contribution in [-0.4, -0.2) is 29.3 Å². The van der Waals surface area contributed by atoms with Crippen molar-refractivity contribution in [1.82, 2.24) is 0 Å². The van der Waals surface area contributed by atoms with Crippen molar-refractivity contribution in [3.8, 4) is 11.5 Å². The topological polar surface area (TPSA) is 67.9 Å². The van der Waals surface area contributed by atoms with Gasteiger partial charge < -0.3 is 14.8 Å². The number of thiocarbonyl (C=S) groups is 1. The van der Waals surface area contributed by atoms with Crippen LogP contribution in [0.4, 0.5) is 11.4 Å². The third-order valence-corrected chi connectivity index (χ3v) is 7.63. The first-order chi connectivity index (χ1) is 18.7. The van der Waals surface area contributed by atoms with Crippen LogP contribution in [0.5, 0.6) is 11.5 Å². The van der Waals surface area contributed by atoms with E-state index in [4.69, 9.17) is 21.7 Å². The van der Waals surface area contributed by atoms with Gasteiger partial charge >= 0.3 is 0 Å². The van der Waals surface area contributed by atoms with Crippen LogP contribution in [0.3, 0.4) is 0 Å². The fourth-order valence-electron chi connectivity index (χ4n) is 4.15. The molecule has 39 heavy (non-hydrogen) atoms. The summed E-state index contributed by atoms with van der Waals surface area (Å²) in [6.07, 6.45) is 1.79. The Bertz CT molecular complexity index is 1450.